The summed E-state index contributed by atoms with van der Waals surface area (Å²) >= 11 is 0. The minimum Gasteiger partial charge on any atom is -0.484 e. The van der Waals surface area contributed by atoms with Crippen molar-refractivity contribution in [3.8, 4) is 5.75 Å². The Morgan fingerprint density at radius 2 is 1.65 bits per heavy atom. The second kappa shape index (κ2) is 7.01. The van der Waals surface area contributed by atoms with E-state index in [1.54, 1.807) is 0 Å². The zero-order valence-electron chi connectivity index (χ0n) is 14.1. The number of hydrogen-bond acceptors (Lipinski definition) is 1. The largest absolute Gasteiger partial charge is 0.484 e. The maximum Gasteiger partial charge on any atom is 0.153 e. The van der Waals surface area contributed by atoms with Gasteiger partial charge in [0.05, 0.1) is 20.1 Å². The first-order chi connectivity index (χ1) is 11.2. The van der Waals surface area contributed by atoms with Gasteiger partial charge in [-0.3, -0.25) is 0 Å². The summed E-state index contributed by atoms with van der Waals surface area (Å²) in [7, 11) is 2.32. The van der Waals surface area contributed by atoms with Crippen LogP contribution in [0.3, 0.4) is 0 Å². The van der Waals surface area contributed by atoms with Gasteiger partial charge in [0, 0.05) is 6.42 Å². The lowest BCUT2D eigenvalue weighted by atomic mass is 10.1. The molecule has 1 saturated heterocycles. The number of likely N-dealkylation sites (tertiary alicyclic amines) is 1. The van der Waals surface area contributed by atoms with Crippen molar-refractivity contribution in [1.29, 1.82) is 0 Å². The highest BCUT2D eigenvalue weighted by Gasteiger charge is 2.34. The van der Waals surface area contributed by atoms with Gasteiger partial charge in [0.2, 0.25) is 0 Å². The van der Waals surface area contributed by atoms with Crippen LogP contribution in [0.1, 0.15) is 24.5 Å². The predicted octanol–water partition coefficient (Wildman–Crippen LogP) is 4.47. The van der Waals surface area contributed by atoms with Gasteiger partial charge < -0.3 is 9.22 Å². The normalized spacial score (nSPS) is 24.2. The highest BCUT2D eigenvalue weighted by atomic mass is 16.5. The van der Waals surface area contributed by atoms with Crippen LogP contribution < -0.4 is 4.74 Å². The first-order valence-corrected chi connectivity index (χ1v) is 8.50. The van der Waals surface area contributed by atoms with E-state index in [0.29, 0.717) is 6.10 Å². The topological polar surface area (TPSA) is 9.23 Å². The van der Waals surface area contributed by atoms with Crippen LogP contribution in [0.15, 0.2) is 54.6 Å². The van der Waals surface area contributed by atoms with Gasteiger partial charge in [-0.05, 0) is 30.2 Å². The molecule has 0 spiro atoms. The van der Waals surface area contributed by atoms with Crippen LogP contribution in [-0.4, -0.2) is 37.3 Å². The van der Waals surface area contributed by atoms with Crippen LogP contribution in [0, 0.1) is 0 Å². The minimum absolute atomic E-state index is 0.352. The quantitative estimate of drug-likeness (QED) is 0.585. The summed E-state index contributed by atoms with van der Waals surface area (Å²) in [6.45, 7) is 5.78. The summed E-state index contributed by atoms with van der Waals surface area (Å²) in [5, 5.41) is 0. The van der Waals surface area contributed by atoms with Gasteiger partial charge in [0.25, 0.3) is 0 Å². The third-order valence-electron chi connectivity index (χ3n) is 4.85. The Balaban J connectivity index is 1.58. The van der Waals surface area contributed by atoms with E-state index in [0.717, 1.165) is 23.2 Å². The third kappa shape index (κ3) is 4.23. The van der Waals surface area contributed by atoms with Crippen molar-refractivity contribution in [3.63, 3.8) is 0 Å². The van der Waals surface area contributed by atoms with Crippen LogP contribution in [0.4, 0.5) is 0 Å². The average molecular weight is 308 g/mol. The van der Waals surface area contributed by atoms with Crippen molar-refractivity contribution in [1.82, 2.24) is 0 Å². The van der Waals surface area contributed by atoms with E-state index in [4.69, 9.17) is 4.74 Å². The first kappa shape index (κ1) is 15.8. The lowest BCUT2D eigenvalue weighted by Crippen LogP contribution is -2.42. The molecule has 120 valence electrons. The van der Waals surface area contributed by atoms with Crippen LogP contribution in [0.5, 0.6) is 5.75 Å². The molecule has 0 bridgehead atoms. The maximum atomic E-state index is 6.15. The van der Waals surface area contributed by atoms with E-state index in [1.807, 2.05) is 6.07 Å². The van der Waals surface area contributed by atoms with E-state index < -0.39 is 0 Å². The molecule has 2 atom stereocenters. The number of likely N-dealkylation sites (N-methyl/N-ethyl adjacent to an activating group) is 1. The summed E-state index contributed by atoms with van der Waals surface area (Å²) in [4.78, 5) is 0. The minimum atomic E-state index is 0.352. The molecule has 0 aromatic heterocycles. The first-order valence-electron chi connectivity index (χ1n) is 8.50. The highest BCUT2D eigenvalue weighted by Crippen LogP contribution is 2.23. The summed E-state index contributed by atoms with van der Waals surface area (Å²) in [5.41, 5.74) is 2.41. The average Bonchev–Trinajstić information content (AvgIpc) is 2.97. The van der Waals surface area contributed by atoms with Crippen molar-refractivity contribution < 1.29 is 9.22 Å². The Bertz CT molecular complexity index is 647. The molecule has 1 aliphatic heterocycles. The number of nitrogens with zero attached hydrogens (tertiary/aromatic N) is 1. The molecule has 1 unspecified atom stereocenters. The molecule has 2 aromatic rings. The van der Waals surface area contributed by atoms with Crippen molar-refractivity contribution in [2.24, 2.45) is 0 Å². The Hall–Kier alpha value is -2.06. The number of ether oxygens (including phenoxy) is 1. The fraction of sp³-hybridized carbons (Fsp3) is 0.333. The fourth-order valence-electron chi connectivity index (χ4n) is 3.12. The number of hydrogen-bond donors (Lipinski definition) is 0. The van der Waals surface area contributed by atoms with Gasteiger partial charge in [-0.25, -0.2) is 0 Å². The molecule has 2 heteroatoms. The molecule has 3 rings (SSSR count). The zero-order valence-corrected chi connectivity index (χ0v) is 14.1. The van der Waals surface area contributed by atoms with Crippen molar-refractivity contribution in [2.45, 2.75) is 19.4 Å². The standard InChI is InChI=1S/C21H26NO/c1-3-22(2)16-15-21(17-22)23-20-13-11-19(12-14-20)10-9-18-7-5-4-6-8-18/h4-14,21H,3,15-17H2,1-2H3/q+1/b10-9+/t21-,22?/m1/s1. The Kier molecular flexibility index (Phi) is 4.82. The summed E-state index contributed by atoms with van der Waals surface area (Å²) < 4.78 is 7.28. The number of benzene rings is 2. The van der Waals surface area contributed by atoms with E-state index in [-0.39, 0.29) is 0 Å². The molecule has 2 nitrogen and oxygen atoms in total. The summed E-state index contributed by atoms with van der Waals surface area (Å²) in [5.74, 6) is 0.983. The van der Waals surface area contributed by atoms with E-state index in [9.17, 15) is 0 Å². The predicted molar refractivity (Wildman–Crippen MR) is 97.3 cm³/mol. The molecule has 0 radical (unpaired) electrons. The second-order valence-corrected chi connectivity index (χ2v) is 6.68. The number of rotatable bonds is 5. The lowest BCUT2D eigenvalue weighted by molar-refractivity contribution is -0.897. The van der Waals surface area contributed by atoms with Gasteiger partial charge in [0.1, 0.15) is 12.3 Å². The molecular weight excluding hydrogens is 282 g/mol. The van der Waals surface area contributed by atoms with Gasteiger partial charge in [-0.2, -0.15) is 0 Å². The van der Waals surface area contributed by atoms with Gasteiger partial charge in [0.15, 0.2) is 6.10 Å². The molecule has 1 fully saturated rings. The van der Waals surface area contributed by atoms with Gasteiger partial charge in [-0.15, -0.1) is 0 Å². The van der Waals surface area contributed by atoms with Crippen LogP contribution in [0.25, 0.3) is 12.2 Å². The SMILES string of the molecule is CC[N+]1(C)CC[C@@H](Oc2ccc(/C=C/c3ccccc3)cc2)C1. The van der Waals surface area contributed by atoms with Crippen LogP contribution in [-0.2, 0) is 0 Å². The van der Waals surface area contributed by atoms with Gasteiger partial charge in [-0.1, -0.05) is 54.6 Å². The Morgan fingerprint density at radius 1 is 1.00 bits per heavy atom. The van der Waals surface area contributed by atoms with E-state index in [2.05, 4.69) is 74.7 Å². The molecule has 0 saturated carbocycles. The van der Waals surface area contributed by atoms with Crippen LogP contribution in [0.2, 0.25) is 0 Å². The highest BCUT2D eigenvalue weighted by molar-refractivity contribution is 5.69. The van der Waals surface area contributed by atoms with Crippen molar-refractivity contribution >= 4 is 12.2 Å². The van der Waals surface area contributed by atoms with E-state index in [1.165, 1.54) is 24.2 Å². The molecular formula is C21H26NO+. The molecule has 23 heavy (non-hydrogen) atoms. The third-order valence-corrected chi connectivity index (χ3v) is 4.85. The van der Waals surface area contributed by atoms with Crippen molar-refractivity contribution in [3.05, 3.63) is 65.7 Å². The molecule has 0 aliphatic carbocycles. The Labute approximate surface area is 139 Å². The maximum absolute atomic E-state index is 6.15. The van der Waals surface area contributed by atoms with Crippen molar-refractivity contribution in [2.75, 3.05) is 26.7 Å². The van der Waals surface area contributed by atoms with E-state index >= 15 is 0 Å². The molecule has 0 N–H and O–H groups in total. The summed E-state index contributed by atoms with van der Waals surface area (Å²) in [6.07, 6.45) is 5.78. The molecule has 2 aromatic carbocycles. The fourth-order valence-corrected chi connectivity index (χ4v) is 3.12. The molecule has 0 amide bonds. The second-order valence-electron chi connectivity index (χ2n) is 6.68. The van der Waals surface area contributed by atoms with Crippen LogP contribution >= 0.6 is 0 Å². The number of quaternary nitrogens is 1. The smallest absolute Gasteiger partial charge is 0.153 e. The lowest BCUT2D eigenvalue weighted by Gasteiger charge is -2.27. The zero-order chi connectivity index (χ0) is 16.1. The summed E-state index contributed by atoms with van der Waals surface area (Å²) in [6, 6.07) is 18.8. The van der Waals surface area contributed by atoms with Gasteiger partial charge >= 0.3 is 0 Å². The molecule has 1 aliphatic rings. The molecule has 1 heterocycles. The monoisotopic (exact) mass is 308 g/mol. The Morgan fingerprint density at radius 3 is 2.26 bits per heavy atom.